The van der Waals surface area contributed by atoms with E-state index in [1.165, 1.54) is 6.92 Å². The molecule has 5 rings (SSSR count). The molecule has 0 aromatic heterocycles. The minimum Gasteiger partial charge on any atom is -0.480 e. The Labute approximate surface area is 233 Å². The molecule has 13 heteroatoms. The van der Waals surface area contributed by atoms with Gasteiger partial charge in [0.25, 0.3) is 0 Å². The fourth-order valence-corrected chi connectivity index (χ4v) is 6.61. The summed E-state index contributed by atoms with van der Waals surface area (Å²) in [6, 6.07) is -1.40. The fourth-order valence-electron chi connectivity index (χ4n) is 6.61. The SMILES string of the molecule is CC(O)C(NC(=O)CCCNC(=O)CCC(=O)OC1OC2OC3(C)CCC4C(C)CCC(C1C)C24OO3)C(=O)O. The third kappa shape index (κ3) is 6.28. The van der Waals surface area contributed by atoms with Gasteiger partial charge >= 0.3 is 11.9 Å². The van der Waals surface area contributed by atoms with Crippen LogP contribution in [0.15, 0.2) is 0 Å². The molecule has 10 atom stereocenters. The molecule has 4 heterocycles. The van der Waals surface area contributed by atoms with Gasteiger partial charge in [-0.05, 0) is 51.4 Å². The van der Waals surface area contributed by atoms with Crippen LogP contribution >= 0.6 is 0 Å². The van der Waals surface area contributed by atoms with Crippen molar-refractivity contribution in [2.75, 3.05) is 6.54 Å². The Kier molecular flexibility index (Phi) is 9.40. The van der Waals surface area contributed by atoms with Gasteiger partial charge in [0.1, 0.15) is 0 Å². The molecule has 4 aliphatic heterocycles. The number of aliphatic hydroxyl groups excluding tert-OH is 1. The molecule has 1 spiro atoms. The lowest BCUT2D eigenvalue weighted by molar-refractivity contribution is -0.576. The molecule has 4 N–H and O–H groups in total. The first-order chi connectivity index (χ1) is 18.9. The van der Waals surface area contributed by atoms with Crippen LogP contribution < -0.4 is 10.6 Å². The highest BCUT2D eigenvalue weighted by atomic mass is 17.3. The van der Waals surface area contributed by atoms with Crippen molar-refractivity contribution >= 4 is 23.8 Å². The van der Waals surface area contributed by atoms with Gasteiger partial charge in [0, 0.05) is 37.6 Å². The van der Waals surface area contributed by atoms with Gasteiger partial charge in [-0.15, -0.1) is 0 Å². The minimum atomic E-state index is -1.40. The lowest BCUT2D eigenvalue weighted by Crippen LogP contribution is -2.70. The number of amides is 2. The number of nitrogens with one attached hydrogen (secondary N) is 2. The van der Waals surface area contributed by atoms with Gasteiger partial charge in [0.05, 0.1) is 12.5 Å². The highest BCUT2D eigenvalue weighted by Gasteiger charge is 2.69. The van der Waals surface area contributed by atoms with E-state index in [0.29, 0.717) is 12.3 Å². The summed E-state index contributed by atoms with van der Waals surface area (Å²) in [5, 5.41) is 23.3. The molecule has 13 nitrogen and oxygen atoms in total. The van der Waals surface area contributed by atoms with Gasteiger partial charge in [-0.25, -0.2) is 14.6 Å². The number of hydrogen-bond donors (Lipinski definition) is 4. The van der Waals surface area contributed by atoms with Crippen molar-refractivity contribution in [2.45, 2.75) is 115 Å². The molecule has 0 aromatic carbocycles. The maximum atomic E-state index is 12.7. The van der Waals surface area contributed by atoms with Crippen LogP contribution in [0.1, 0.15) is 79.1 Å². The quantitative estimate of drug-likeness (QED) is 0.160. The lowest BCUT2D eigenvalue weighted by atomic mass is 9.58. The molecule has 5 aliphatic rings. The Morgan fingerprint density at radius 1 is 1.02 bits per heavy atom. The molecule has 0 radical (unpaired) electrons. The molecule has 2 amide bonds. The van der Waals surface area contributed by atoms with Crippen molar-refractivity contribution in [1.29, 1.82) is 0 Å². The molecule has 4 saturated heterocycles. The van der Waals surface area contributed by atoms with E-state index in [4.69, 9.17) is 29.1 Å². The third-order valence-corrected chi connectivity index (χ3v) is 8.87. The van der Waals surface area contributed by atoms with Gasteiger partial charge in [-0.1, -0.05) is 13.8 Å². The first-order valence-electron chi connectivity index (χ1n) is 14.2. The number of carbonyl (C=O) groups excluding carboxylic acids is 3. The van der Waals surface area contributed by atoms with Crippen molar-refractivity contribution in [1.82, 2.24) is 10.6 Å². The summed E-state index contributed by atoms with van der Waals surface area (Å²) in [7, 11) is 0. The van der Waals surface area contributed by atoms with Gasteiger partial charge in [-0.3, -0.25) is 14.4 Å². The van der Waals surface area contributed by atoms with E-state index in [0.717, 1.165) is 19.3 Å². The van der Waals surface area contributed by atoms with Crippen LogP contribution in [0.5, 0.6) is 0 Å². The minimum absolute atomic E-state index is 0.0137. The molecule has 1 aliphatic carbocycles. The number of rotatable bonds is 11. The van der Waals surface area contributed by atoms with Gasteiger partial charge in [-0.2, -0.15) is 0 Å². The summed E-state index contributed by atoms with van der Waals surface area (Å²) in [5.41, 5.74) is -0.752. The number of carbonyl (C=O) groups is 4. The Morgan fingerprint density at radius 2 is 1.77 bits per heavy atom. The van der Waals surface area contributed by atoms with E-state index in [1.54, 1.807) is 0 Å². The van der Waals surface area contributed by atoms with Crippen molar-refractivity contribution in [2.24, 2.45) is 23.7 Å². The van der Waals surface area contributed by atoms with Crippen LogP contribution in [0, 0.1) is 23.7 Å². The molecule has 10 unspecified atom stereocenters. The van der Waals surface area contributed by atoms with Crippen LogP contribution in [-0.4, -0.2) is 76.6 Å². The Bertz CT molecular complexity index is 976. The van der Waals surface area contributed by atoms with Crippen LogP contribution in [0.25, 0.3) is 0 Å². The second-order valence-corrected chi connectivity index (χ2v) is 11.8. The number of carboxylic acids is 1. The van der Waals surface area contributed by atoms with E-state index in [1.807, 2.05) is 13.8 Å². The fraction of sp³-hybridized carbons (Fsp3) is 0.852. The van der Waals surface area contributed by atoms with Gasteiger partial charge in [0.2, 0.25) is 23.9 Å². The van der Waals surface area contributed by atoms with Crippen LogP contribution in [0.4, 0.5) is 0 Å². The summed E-state index contributed by atoms with van der Waals surface area (Å²) in [6.07, 6.45) is 0.639. The van der Waals surface area contributed by atoms with E-state index in [-0.39, 0.29) is 55.9 Å². The van der Waals surface area contributed by atoms with Gasteiger partial charge < -0.3 is 35.1 Å². The predicted molar refractivity (Wildman–Crippen MR) is 136 cm³/mol. The smallest absolute Gasteiger partial charge is 0.328 e. The highest BCUT2D eigenvalue weighted by molar-refractivity contribution is 5.84. The van der Waals surface area contributed by atoms with Crippen LogP contribution in [0.3, 0.4) is 0 Å². The monoisotopic (exact) mass is 570 g/mol. The molecular weight excluding hydrogens is 528 g/mol. The maximum absolute atomic E-state index is 12.7. The number of fused-ring (bicyclic) bond motifs is 2. The summed E-state index contributed by atoms with van der Waals surface area (Å²) in [6.45, 7) is 7.46. The molecule has 1 saturated carbocycles. The number of hydrogen-bond acceptors (Lipinski definition) is 10. The van der Waals surface area contributed by atoms with E-state index in [9.17, 15) is 24.3 Å². The summed E-state index contributed by atoms with van der Waals surface area (Å²) in [4.78, 5) is 59.7. The zero-order valence-electron chi connectivity index (χ0n) is 23.6. The second-order valence-electron chi connectivity index (χ2n) is 11.8. The largest absolute Gasteiger partial charge is 0.480 e. The number of aliphatic carboxylic acids is 1. The van der Waals surface area contributed by atoms with Gasteiger partial charge in [0.15, 0.2) is 17.9 Å². The molecule has 2 bridgehead atoms. The Balaban J connectivity index is 1.22. The third-order valence-electron chi connectivity index (χ3n) is 8.87. The van der Waals surface area contributed by atoms with Crippen molar-refractivity contribution in [3.63, 3.8) is 0 Å². The molecule has 5 fully saturated rings. The predicted octanol–water partition coefficient (Wildman–Crippen LogP) is 1.36. The van der Waals surface area contributed by atoms with Crippen molar-refractivity contribution in [3.05, 3.63) is 0 Å². The van der Waals surface area contributed by atoms with E-state index < -0.39 is 54.0 Å². The van der Waals surface area contributed by atoms with Crippen LogP contribution in [-0.2, 0) is 43.2 Å². The summed E-state index contributed by atoms with van der Waals surface area (Å²) >= 11 is 0. The number of ether oxygens (including phenoxy) is 3. The Morgan fingerprint density at radius 3 is 2.48 bits per heavy atom. The molecular formula is C27H42N2O11. The first-order valence-corrected chi connectivity index (χ1v) is 14.2. The topological polar surface area (TPSA) is 179 Å². The standard InChI is InChI=1S/C27H42N2O11/c1-14-7-8-18-15(2)24(37-25-27(18)17(14)11-12-26(4,38-25)39-40-27)36-21(33)10-9-19(31)28-13-5-6-20(32)29-22(16(3)30)23(34)35/h14-18,22,24-25,30H,5-13H2,1-4H3,(H,28,31)(H,29,32)(H,34,35). The summed E-state index contributed by atoms with van der Waals surface area (Å²) < 4.78 is 18.2. The average molecular weight is 571 g/mol. The van der Waals surface area contributed by atoms with Crippen molar-refractivity contribution in [3.8, 4) is 0 Å². The number of aliphatic hydroxyl groups is 1. The average Bonchev–Trinajstić information content (AvgIpc) is 3.12. The van der Waals surface area contributed by atoms with E-state index in [2.05, 4.69) is 17.6 Å². The number of carboxylic acid groups (broad SMARTS) is 1. The van der Waals surface area contributed by atoms with Crippen LogP contribution in [0.2, 0.25) is 0 Å². The first kappa shape index (κ1) is 30.6. The maximum Gasteiger partial charge on any atom is 0.328 e. The van der Waals surface area contributed by atoms with Crippen molar-refractivity contribution < 1.29 is 53.4 Å². The van der Waals surface area contributed by atoms with E-state index >= 15 is 0 Å². The molecule has 226 valence electrons. The zero-order valence-corrected chi connectivity index (χ0v) is 23.6. The second kappa shape index (κ2) is 12.3. The molecule has 40 heavy (non-hydrogen) atoms. The molecule has 0 aromatic rings. The summed E-state index contributed by atoms with van der Waals surface area (Å²) in [5.74, 6) is -3.30. The highest BCUT2D eigenvalue weighted by Crippen LogP contribution is 2.60. The lowest BCUT2D eigenvalue weighted by Gasteiger charge is -2.59. The zero-order chi connectivity index (χ0) is 29.2. The number of esters is 1. The Hall–Kier alpha value is -2.32. The normalized spacial score (nSPS) is 37.8.